The van der Waals surface area contributed by atoms with Crippen molar-refractivity contribution in [2.75, 3.05) is 13.1 Å². The molecule has 1 heterocycles. The van der Waals surface area contributed by atoms with Gasteiger partial charge in [0.1, 0.15) is 0 Å². The van der Waals surface area contributed by atoms with Crippen LogP contribution in [0.4, 0.5) is 0 Å². The molecule has 1 saturated heterocycles. The first-order valence-corrected chi connectivity index (χ1v) is 5.85. The minimum atomic E-state index is 0.000460. The summed E-state index contributed by atoms with van der Waals surface area (Å²) in [5.41, 5.74) is 0. The fourth-order valence-electron chi connectivity index (χ4n) is 2.22. The molecule has 0 spiro atoms. The van der Waals surface area contributed by atoms with E-state index in [0.29, 0.717) is 0 Å². The fourth-order valence-corrected chi connectivity index (χ4v) is 2.22. The van der Waals surface area contributed by atoms with E-state index < -0.39 is 0 Å². The summed E-state index contributed by atoms with van der Waals surface area (Å²) in [7, 11) is 0. The summed E-state index contributed by atoms with van der Waals surface area (Å²) < 4.78 is 0. The maximum atomic E-state index is 11.5. The molecule has 1 rings (SSSR count). The van der Waals surface area contributed by atoms with Crippen LogP contribution in [-0.2, 0) is 4.79 Å². The lowest BCUT2D eigenvalue weighted by Crippen LogP contribution is -2.38. The summed E-state index contributed by atoms with van der Waals surface area (Å²) >= 11 is 0. The smallest absolute Gasteiger partial charge is 0.298 e. The van der Waals surface area contributed by atoms with Gasteiger partial charge in [-0.1, -0.05) is 19.8 Å². The molecule has 0 aromatic rings. The summed E-state index contributed by atoms with van der Waals surface area (Å²) in [6.07, 6.45) is 3.59. The Morgan fingerprint density at radius 2 is 2.00 bits per heavy atom. The van der Waals surface area contributed by atoms with Crippen LogP contribution in [-0.4, -0.2) is 23.9 Å². The van der Waals surface area contributed by atoms with Crippen LogP contribution in [0, 0.1) is 23.7 Å². The van der Waals surface area contributed by atoms with Crippen molar-refractivity contribution >= 4 is 5.91 Å². The fraction of sp³-hybridized carbons (Fsp3) is 0.769. The lowest BCUT2D eigenvalue weighted by atomic mass is 9.88. The van der Waals surface area contributed by atoms with Crippen molar-refractivity contribution in [1.29, 1.82) is 0 Å². The Morgan fingerprint density at radius 1 is 1.40 bits per heavy atom. The van der Waals surface area contributed by atoms with Crippen LogP contribution in [0.1, 0.15) is 40.0 Å². The Labute approximate surface area is 93.0 Å². The molecular weight excluding hydrogens is 186 g/mol. The molecule has 0 saturated carbocycles. The summed E-state index contributed by atoms with van der Waals surface area (Å²) in [5, 5.41) is 0. The first-order valence-electron chi connectivity index (χ1n) is 5.85. The van der Waals surface area contributed by atoms with Crippen LogP contribution in [0.25, 0.3) is 0 Å². The molecule has 0 N–H and O–H groups in total. The lowest BCUT2D eigenvalue weighted by Gasteiger charge is -2.31. The van der Waals surface area contributed by atoms with E-state index in [1.807, 2.05) is 4.90 Å². The van der Waals surface area contributed by atoms with Crippen molar-refractivity contribution in [3.63, 3.8) is 0 Å². The molecule has 0 aliphatic carbocycles. The third-order valence-corrected chi connectivity index (χ3v) is 2.94. The van der Waals surface area contributed by atoms with E-state index in [1.54, 1.807) is 6.92 Å². The molecule has 1 aliphatic heterocycles. The van der Waals surface area contributed by atoms with Crippen LogP contribution in [0.3, 0.4) is 0 Å². The van der Waals surface area contributed by atoms with Gasteiger partial charge in [0.05, 0.1) is 0 Å². The van der Waals surface area contributed by atoms with Gasteiger partial charge in [-0.3, -0.25) is 4.79 Å². The zero-order chi connectivity index (χ0) is 11.3. The standard InChI is InChI=1S/C13H21NO/c1-4-5-13(15)14-8-6-12(7-9-14)10-11(2)3/h11-12H,6-10H2,1-3H3. The number of piperidine rings is 1. The van der Waals surface area contributed by atoms with E-state index in [9.17, 15) is 4.79 Å². The molecule has 0 unspecified atom stereocenters. The Balaban J connectivity index is 2.34. The van der Waals surface area contributed by atoms with Crippen LogP contribution in [0.2, 0.25) is 0 Å². The number of rotatable bonds is 2. The van der Waals surface area contributed by atoms with Crippen molar-refractivity contribution in [3.05, 3.63) is 0 Å². The molecule has 0 atom stereocenters. The number of carbonyl (C=O) groups is 1. The van der Waals surface area contributed by atoms with Gasteiger partial charge in [0.2, 0.25) is 0 Å². The SMILES string of the molecule is CC#CC(=O)N1CCC(CC(C)C)CC1. The molecule has 2 nitrogen and oxygen atoms in total. The van der Waals surface area contributed by atoms with Gasteiger partial charge in [-0.25, -0.2) is 0 Å². The van der Waals surface area contributed by atoms with Gasteiger partial charge in [0, 0.05) is 13.1 Å². The number of carbonyl (C=O) groups excluding carboxylic acids is 1. The van der Waals surface area contributed by atoms with Crippen molar-refractivity contribution < 1.29 is 4.79 Å². The monoisotopic (exact) mass is 207 g/mol. The zero-order valence-electron chi connectivity index (χ0n) is 10.0. The van der Waals surface area contributed by atoms with E-state index >= 15 is 0 Å². The van der Waals surface area contributed by atoms with Gasteiger partial charge < -0.3 is 4.90 Å². The summed E-state index contributed by atoms with van der Waals surface area (Å²) in [6.45, 7) is 8.03. The van der Waals surface area contributed by atoms with Crippen molar-refractivity contribution in [2.45, 2.75) is 40.0 Å². The predicted octanol–water partition coefficient (Wildman–Crippen LogP) is 2.29. The highest BCUT2D eigenvalue weighted by Gasteiger charge is 2.22. The lowest BCUT2D eigenvalue weighted by molar-refractivity contribution is -0.126. The second kappa shape index (κ2) is 5.80. The summed E-state index contributed by atoms with van der Waals surface area (Å²) in [6, 6.07) is 0. The normalized spacial score (nSPS) is 17.5. The molecule has 0 bridgehead atoms. The maximum Gasteiger partial charge on any atom is 0.298 e. The second-order valence-corrected chi connectivity index (χ2v) is 4.74. The molecule has 15 heavy (non-hydrogen) atoms. The predicted molar refractivity (Wildman–Crippen MR) is 62.2 cm³/mol. The second-order valence-electron chi connectivity index (χ2n) is 4.74. The van der Waals surface area contributed by atoms with Crippen LogP contribution < -0.4 is 0 Å². The summed E-state index contributed by atoms with van der Waals surface area (Å²) in [4.78, 5) is 13.4. The molecule has 84 valence electrons. The van der Waals surface area contributed by atoms with Gasteiger partial charge in [-0.05, 0) is 43.9 Å². The average Bonchev–Trinajstić information content (AvgIpc) is 2.18. The number of hydrogen-bond donors (Lipinski definition) is 0. The van der Waals surface area contributed by atoms with Gasteiger partial charge >= 0.3 is 0 Å². The van der Waals surface area contributed by atoms with Crippen molar-refractivity contribution in [2.24, 2.45) is 11.8 Å². The molecule has 0 aromatic carbocycles. The highest BCUT2D eigenvalue weighted by molar-refractivity contribution is 5.93. The zero-order valence-corrected chi connectivity index (χ0v) is 10.0. The minimum absolute atomic E-state index is 0.000460. The van der Waals surface area contributed by atoms with Crippen LogP contribution >= 0.6 is 0 Å². The minimum Gasteiger partial charge on any atom is -0.332 e. The number of hydrogen-bond acceptors (Lipinski definition) is 1. The van der Waals surface area contributed by atoms with E-state index in [-0.39, 0.29) is 5.91 Å². The third-order valence-electron chi connectivity index (χ3n) is 2.94. The molecular formula is C13H21NO. The number of amides is 1. The third kappa shape index (κ3) is 3.95. The summed E-state index contributed by atoms with van der Waals surface area (Å²) in [5.74, 6) is 6.86. The maximum absolute atomic E-state index is 11.5. The van der Waals surface area contributed by atoms with E-state index in [2.05, 4.69) is 25.7 Å². The van der Waals surface area contributed by atoms with E-state index in [4.69, 9.17) is 0 Å². The molecule has 1 aliphatic rings. The molecule has 1 amide bonds. The van der Waals surface area contributed by atoms with Gasteiger partial charge in [-0.2, -0.15) is 0 Å². The number of nitrogens with zero attached hydrogens (tertiary/aromatic N) is 1. The molecule has 2 heteroatoms. The van der Waals surface area contributed by atoms with Gasteiger partial charge in [-0.15, -0.1) is 0 Å². The Hall–Kier alpha value is -0.970. The Kier molecular flexibility index (Phi) is 4.68. The first-order chi connectivity index (χ1) is 7.13. The highest BCUT2D eigenvalue weighted by atomic mass is 16.2. The quantitative estimate of drug-likeness (QED) is 0.636. The molecule has 0 aromatic heterocycles. The van der Waals surface area contributed by atoms with Gasteiger partial charge in [0.25, 0.3) is 5.91 Å². The number of likely N-dealkylation sites (tertiary alicyclic amines) is 1. The molecule has 0 radical (unpaired) electrons. The van der Waals surface area contributed by atoms with Crippen molar-refractivity contribution in [3.8, 4) is 11.8 Å². The Bertz CT molecular complexity index is 264. The van der Waals surface area contributed by atoms with Gasteiger partial charge in [0.15, 0.2) is 0 Å². The van der Waals surface area contributed by atoms with E-state index in [0.717, 1.165) is 37.8 Å². The Morgan fingerprint density at radius 3 is 2.47 bits per heavy atom. The highest BCUT2D eigenvalue weighted by Crippen LogP contribution is 2.23. The average molecular weight is 207 g/mol. The largest absolute Gasteiger partial charge is 0.332 e. The van der Waals surface area contributed by atoms with Crippen molar-refractivity contribution in [1.82, 2.24) is 4.90 Å². The van der Waals surface area contributed by atoms with Crippen LogP contribution in [0.5, 0.6) is 0 Å². The molecule has 1 fully saturated rings. The van der Waals surface area contributed by atoms with E-state index in [1.165, 1.54) is 6.42 Å². The topological polar surface area (TPSA) is 20.3 Å². The first kappa shape index (κ1) is 12.1. The van der Waals surface area contributed by atoms with Crippen LogP contribution in [0.15, 0.2) is 0 Å².